The first kappa shape index (κ1) is 24.8. The van der Waals surface area contributed by atoms with E-state index in [1.54, 1.807) is 6.08 Å². The van der Waals surface area contributed by atoms with E-state index < -0.39 is 11.9 Å². The second-order valence-corrected chi connectivity index (χ2v) is 7.52. The van der Waals surface area contributed by atoms with E-state index in [-0.39, 0.29) is 17.8 Å². The number of carboxylic acid groups (broad SMARTS) is 1. The van der Waals surface area contributed by atoms with Gasteiger partial charge in [-0.05, 0) is 36.0 Å². The first-order chi connectivity index (χ1) is 15.4. The van der Waals surface area contributed by atoms with Crippen LogP contribution in [0.5, 0.6) is 0 Å². The third-order valence-electron chi connectivity index (χ3n) is 5.12. The summed E-state index contributed by atoms with van der Waals surface area (Å²) in [5.41, 5.74) is 3.94. The van der Waals surface area contributed by atoms with Crippen LogP contribution in [0.25, 0.3) is 11.1 Å². The molecule has 0 amide bonds. The third kappa shape index (κ3) is 7.99. The SMILES string of the molecule is CCCCCc1ccc(-c2ccc(C(=O)CC/C=C/C(=C/C(=O)OC)C(=O)O)cc2)cc1. The van der Waals surface area contributed by atoms with Crippen molar-refractivity contribution in [1.29, 1.82) is 0 Å². The zero-order chi connectivity index (χ0) is 23.3. The molecule has 168 valence electrons. The van der Waals surface area contributed by atoms with Gasteiger partial charge in [0.1, 0.15) is 0 Å². The van der Waals surface area contributed by atoms with Gasteiger partial charge in [-0.15, -0.1) is 0 Å². The number of aryl methyl sites for hydroxylation is 1. The number of rotatable bonds is 12. The van der Waals surface area contributed by atoms with Crippen LogP contribution >= 0.6 is 0 Å². The molecule has 0 heterocycles. The number of methoxy groups -OCH3 is 1. The van der Waals surface area contributed by atoms with Crippen molar-refractivity contribution in [3.63, 3.8) is 0 Å². The molecule has 0 saturated heterocycles. The molecule has 1 N–H and O–H groups in total. The van der Waals surface area contributed by atoms with Crippen LogP contribution in [0, 0.1) is 0 Å². The number of carbonyl (C=O) groups excluding carboxylic acids is 2. The second-order valence-electron chi connectivity index (χ2n) is 7.52. The fraction of sp³-hybridized carbons (Fsp3) is 0.296. The van der Waals surface area contributed by atoms with Crippen LogP contribution in [0.1, 0.15) is 54.9 Å². The van der Waals surface area contributed by atoms with Crippen LogP contribution in [0.4, 0.5) is 0 Å². The Hall–Kier alpha value is -3.47. The third-order valence-corrected chi connectivity index (χ3v) is 5.12. The number of allylic oxidation sites excluding steroid dienone is 1. The molecule has 0 aliphatic rings. The topological polar surface area (TPSA) is 80.7 Å². The first-order valence-electron chi connectivity index (χ1n) is 10.9. The minimum atomic E-state index is -1.23. The smallest absolute Gasteiger partial charge is 0.335 e. The fourth-order valence-electron chi connectivity index (χ4n) is 3.23. The Morgan fingerprint density at radius 1 is 0.938 bits per heavy atom. The quantitative estimate of drug-likeness (QED) is 0.150. The molecule has 0 aliphatic heterocycles. The molecule has 32 heavy (non-hydrogen) atoms. The van der Waals surface area contributed by atoms with Gasteiger partial charge in [0, 0.05) is 18.1 Å². The molecule has 0 spiro atoms. The predicted octanol–water partition coefficient (Wildman–Crippen LogP) is 5.79. The molecule has 0 bridgehead atoms. The molecular weight excluding hydrogens is 404 g/mol. The van der Waals surface area contributed by atoms with Gasteiger partial charge < -0.3 is 9.84 Å². The van der Waals surface area contributed by atoms with Crippen molar-refractivity contribution in [3.8, 4) is 11.1 Å². The lowest BCUT2D eigenvalue weighted by Crippen LogP contribution is -2.03. The largest absolute Gasteiger partial charge is 0.478 e. The van der Waals surface area contributed by atoms with Crippen LogP contribution in [-0.2, 0) is 20.7 Å². The van der Waals surface area contributed by atoms with Crippen molar-refractivity contribution in [3.05, 3.63) is 83.5 Å². The van der Waals surface area contributed by atoms with E-state index in [2.05, 4.69) is 35.9 Å². The van der Waals surface area contributed by atoms with Gasteiger partial charge in [-0.25, -0.2) is 9.59 Å². The van der Waals surface area contributed by atoms with Crippen molar-refractivity contribution >= 4 is 17.7 Å². The van der Waals surface area contributed by atoms with Gasteiger partial charge >= 0.3 is 11.9 Å². The lowest BCUT2D eigenvalue weighted by molar-refractivity contribution is -0.136. The number of Topliss-reactive ketones (excluding diaryl/α,β-unsaturated/α-hetero) is 1. The maximum absolute atomic E-state index is 12.4. The van der Waals surface area contributed by atoms with E-state index in [0.29, 0.717) is 12.0 Å². The monoisotopic (exact) mass is 434 g/mol. The summed E-state index contributed by atoms with van der Waals surface area (Å²) in [6.45, 7) is 2.20. The lowest BCUT2D eigenvalue weighted by Gasteiger charge is -2.06. The predicted molar refractivity (Wildman–Crippen MR) is 126 cm³/mol. The Balaban J connectivity index is 1.92. The van der Waals surface area contributed by atoms with E-state index in [9.17, 15) is 14.4 Å². The van der Waals surface area contributed by atoms with Gasteiger partial charge in [0.2, 0.25) is 0 Å². The van der Waals surface area contributed by atoms with E-state index in [1.165, 1.54) is 38.0 Å². The number of carboxylic acids is 1. The molecule has 5 heteroatoms. The van der Waals surface area contributed by atoms with Crippen molar-refractivity contribution < 1.29 is 24.2 Å². The lowest BCUT2D eigenvalue weighted by atomic mass is 9.99. The minimum Gasteiger partial charge on any atom is -0.478 e. The number of unbranched alkanes of at least 4 members (excludes halogenated alkanes) is 2. The molecule has 0 radical (unpaired) electrons. The van der Waals surface area contributed by atoms with Gasteiger partial charge in [-0.1, -0.05) is 80.4 Å². The Bertz CT molecular complexity index is 966. The zero-order valence-corrected chi connectivity index (χ0v) is 18.7. The maximum atomic E-state index is 12.4. The summed E-state index contributed by atoms with van der Waals surface area (Å²) in [5.74, 6) is -2.00. The normalized spacial score (nSPS) is 11.5. The maximum Gasteiger partial charge on any atom is 0.335 e. The number of esters is 1. The molecular formula is C27H30O5. The average molecular weight is 435 g/mol. The van der Waals surface area contributed by atoms with E-state index in [1.807, 2.05) is 24.3 Å². The molecule has 2 aromatic carbocycles. The highest BCUT2D eigenvalue weighted by Crippen LogP contribution is 2.22. The number of carbonyl (C=O) groups is 3. The van der Waals surface area contributed by atoms with Crippen molar-refractivity contribution in [2.24, 2.45) is 0 Å². The molecule has 0 atom stereocenters. The van der Waals surface area contributed by atoms with Gasteiger partial charge in [0.15, 0.2) is 5.78 Å². The van der Waals surface area contributed by atoms with Gasteiger partial charge in [0.25, 0.3) is 0 Å². The van der Waals surface area contributed by atoms with Crippen molar-refractivity contribution in [2.45, 2.75) is 45.4 Å². The van der Waals surface area contributed by atoms with Crippen LogP contribution in [-0.4, -0.2) is 29.9 Å². The Morgan fingerprint density at radius 3 is 2.12 bits per heavy atom. The van der Waals surface area contributed by atoms with E-state index >= 15 is 0 Å². The Kier molecular flexibility index (Phi) is 10.1. The number of hydrogen-bond donors (Lipinski definition) is 1. The summed E-state index contributed by atoms with van der Waals surface area (Å²) >= 11 is 0. The van der Waals surface area contributed by atoms with Crippen molar-refractivity contribution in [1.82, 2.24) is 0 Å². The van der Waals surface area contributed by atoms with Gasteiger partial charge in [-0.2, -0.15) is 0 Å². The molecule has 0 aromatic heterocycles. The summed E-state index contributed by atoms with van der Waals surface area (Å²) in [6.07, 6.45) is 9.16. The summed E-state index contributed by atoms with van der Waals surface area (Å²) in [4.78, 5) is 34.8. The van der Waals surface area contributed by atoms with Gasteiger partial charge in [0.05, 0.1) is 12.7 Å². The van der Waals surface area contributed by atoms with Crippen LogP contribution in [0.15, 0.2) is 72.3 Å². The summed E-state index contributed by atoms with van der Waals surface area (Å²) in [5, 5.41) is 9.09. The zero-order valence-electron chi connectivity index (χ0n) is 18.7. The molecule has 2 aromatic rings. The summed E-state index contributed by atoms with van der Waals surface area (Å²) < 4.78 is 4.43. The second kappa shape index (κ2) is 13.1. The molecule has 5 nitrogen and oxygen atoms in total. The van der Waals surface area contributed by atoms with Crippen molar-refractivity contribution in [2.75, 3.05) is 7.11 Å². The van der Waals surface area contributed by atoms with Gasteiger partial charge in [-0.3, -0.25) is 4.79 Å². The van der Waals surface area contributed by atoms with E-state index in [4.69, 9.17) is 5.11 Å². The highest BCUT2D eigenvalue weighted by Gasteiger charge is 2.08. The summed E-state index contributed by atoms with van der Waals surface area (Å²) in [7, 11) is 1.18. The molecule has 0 saturated carbocycles. The van der Waals surface area contributed by atoms with Crippen LogP contribution < -0.4 is 0 Å². The fourth-order valence-corrected chi connectivity index (χ4v) is 3.23. The minimum absolute atomic E-state index is 0.0266. The highest BCUT2D eigenvalue weighted by molar-refractivity contribution is 5.98. The number of benzene rings is 2. The number of hydrogen-bond acceptors (Lipinski definition) is 4. The molecule has 0 fully saturated rings. The number of aliphatic carboxylic acids is 1. The van der Waals surface area contributed by atoms with E-state index in [0.717, 1.165) is 23.6 Å². The molecule has 0 unspecified atom stereocenters. The molecule has 0 aliphatic carbocycles. The Labute approximate surface area is 189 Å². The van der Waals surface area contributed by atoms with Crippen LogP contribution in [0.2, 0.25) is 0 Å². The first-order valence-corrected chi connectivity index (χ1v) is 10.9. The summed E-state index contributed by atoms with van der Waals surface area (Å²) in [6, 6.07) is 16.1. The standard InChI is InChI=1S/C27H30O5/c1-3-4-5-8-20-11-13-21(14-12-20)22-15-17-23(18-16-22)25(28)10-7-6-9-24(27(30)31)19-26(29)32-2/h6,9,11-19H,3-5,7-8,10H2,1-2H3,(H,30,31)/b9-6+,24-19-. The Morgan fingerprint density at radius 2 is 1.56 bits per heavy atom. The number of ether oxygens (including phenoxy) is 1. The number of ketones is 1. The van der Waals surface area contributed by atoms with Crippen LogP contribution in [0.3, 0.4) is 0 Å². The highest BCUT2D eigenvalue weighted by atomic mass is 16.5. The average Bonchev–Trinajstić information content (AvgIpc) is 2.81. The molecule has 2 rings (SSSR count).